The molecule has 0 unspecified atom stereocenters. The van der Waals surface area contributed by atoms with E-state index in [2.05, 4.69) is 9.97 Å². The highest BCUT2D eigenvalue weighted by atomic mass is 16.5. The van der Waals surface area contributed by atoms with Gasteiger partial charge in [-0.1, -0.05) is 36.4 Å². The number of rotatable bonds is 7. The van der Waals surface area contributed by atoms with Crippen molar-refractivity contribution >= 4 is 16.8 Å². The quantitative estimate of drug-likeness (QED) is 0.303. The van der Waals surface area contributed by atoms with E-state index >= 15 is 0 Å². The number of ether oxygens (including phenoxy) is 2. The van der Waals surface area contributed by atoms with Crippen LogP contribution in [0.2, 0.25) is 0 Å². The normalized spacial score (nSPS) is 10.7. The molecule has 4 rings (SSSR count). The van der Waals surface area contributed by atoms with Gasteiger partial charge in [-0.3, -0.25) is 15.0 Å². The van der Waals surface area contributed by atoms with Crippen LogP contribution in [0.5, 0.6) is 11.5 Å². The average Bonchev–Trinajstić information content (AvgIpc) is 2.86. The Bertz CT molecular complexity index is 1240. The first-order valence-corrected chi connectivity index (χ1v) is 9.87. The van der Waals surface area contributed by atoms with E-state index in [-0.39, 0.29) is 24.5 Å². The number of benzene rings is 2. The van der Waals surface area contributed by atoms with E-state index in [1.165, 1.54) is 13.3 Å². The summed E-state index contributed by atoms with van der Waals surface area (Å²) >= 11 is 0. The summed E-state index contributed by atoms with van der Waals surface area (Å²) in [6.45, 7) is 0.217. The van der Waals surface area contributed by atoms with E-state index in [1.807, 2.05) is 48.5 Å². The number of aromatic nitrogens is 2. The third-order valence-electron chi connectivity index (χ3n) is 4.98. The number of carbonyl (C=O) groups is 1. The molecule has 0 radical (unpaired) electrons. The van der Waals surface area contributed by atoms with Crippen LogP contribution in [0.15, 0.2) is 67.0 Å². The van der Waals surface area contributed by atoms with Crippen LogP contribution in [-0.4, -0.2) is 46.5 Å². The van der Waals surface area contributed by atoms with Gasteiger partial charge in [-0.15, -0.1) is 0 Å². The third kappa shape index (κ3) is 4.09. The average molecular weight is 431 g/mol. The number of nitrogens with one attached hydrogen (secondary N) is 1. The molecule has 2 heterocycles. The predicted octanol–water partition coefficient (Wildman–Crippen LogP) is 3.46. The molecule has 162 valence electrons. The molecule has 8 heteroatoms. The number of pyridine rings is 2. The monoisotopic (exact) mass is 431 g/mol. The molecule has 32 heavy (non-hydrogen) atoms. The predicted molar refractivity (Wildman–Crippen MR) is 119 cm³/mol. The van der Waals surface area contributed by atoms with Gasteiger partial charge in [0.05, 0.1) is 24.8 Å². The number of hydrogen-bond donors (Lipinski definition) is 3. The molecule has 2 aromatic carbocycles. The maximum Gasteiger partial charge on any atom is 0.279 e. The van der Waals surface area contributed by atoms with E-state index in [4.69, 9.17) is 14.6 Å². The van der Waals surface area contributed by atoms with Crippen LogP contribution in [0.4, 0.5) is 0 Å². The molecule has 0 fully saturated rings. The van der Waals surface area contributed by atoms with Crippen molar-refractivity contribution in [2.24, 2.45) is 0 Å². The summed E-state index contributed by atoms with van der Waals surface area (Å²) < 4.78 is 10.9. The fraction of sp³-hybridized carbons (Fsp3) is 0.125. The van der Waals surface area contributed by atoms with Crippen molar-refractivity contribution in [3.63, 3.8) is 0 Å². The number of methoxy groups -OCH3 is 1. The van der Waals surface area contributed by atoms with E-state index in [0.717, 1.165) is 16.7 Å². The van der Waals surface area contributed by atoms with Crippen molar-refractivity contribution < 1.29 is 24.6 Å². The fourth-order valence-electron chi connectivity index (χ4n) is 3.49. The van der Waals surface area contributed by atoms with E-state index in [9.17, 15) is 10.0 Å². The zero-order chi connectivity index (χ0) is 22.5. The number of fused-ring (bicyclic) bond motifs is 1. The van der Waals surface area contributed by atoms with Crippen LogP contribution in [-0.2, 0) is 0 Å². The van der Waals surface area contributed by atoms with Gasteiger partial charge in [0.2, 0.25) is 0 Å². The maximum absolute atomic E-state index is 12.4. The topological polar surface area (TPSA) is 114 Å². The summed E-state index contributed by atoms with van der Waals surface area (Å²) in [6.07, 6.45) is 3.10. The van der Waals surface area contributed by atoms with Gasteiger partial charge < -0.3 is 14.6 Å². The third-order valence-corrected chi connectivity index (χ3v) is 4.98. The van der Waals surface area contributed by atoms with Crippen LogP contribution in [0.25, 0.3) is 33.3 Å². The SMILES string of the molecule is COc1c(-c2ccc(-c3ccc(OCCO)cc3)cc2)nc2ccncc2c1C(=O)NO. The van der Waals surface area contributed by atoms with Crippen molar-refractivity contribution in [2.45, 2.75) is 0 Å². The fourth-order valence-corrected chi connectivity index (χ4v) is 3.49. The lowest BCUT2D eigenvalue weighted by atomic mass is 10.00. The Labute approximate surface area is 184 Å². The minimum atomic E-state index is -0.705. The van der Waals surface area contributed by atoms with Gasteiger partial charge >= 0.3 is 0 Å². The van der Waals surface area contributed by atoms with Gasteiger partial charge in [0.1, 0.15) is 18.1 Å². The molecular weight excluding hydrogens is 410 g/mol. The van der Waals surface area contributed by atoms with Gasteiger partial charge in [-0.05, 0) is 29.3 Å². The molecule has 0 aliphatic carbocycles. The van der Waals surface area contributed by atoms with E-state index in [1.54, 1.807) is 17.7 Å². The number of nitrogens with zero attached hydrogens (tertiary/aromatic N) is 2. The van der Waals surface area contributed by atoms with Crippen LogP contribution in [0.3, 0.4) is 0 Å². The first-order chi connectivity index (χ1) is 15.7. The molecular formula is C24H21N3O5. The molecule has 0 aliphatic heterocycles. The smallest absolute Gasteiger partial charge is 0.279 e. The Balaban J connectivity index is 1.74. The van der Waals surface area contributed by atoms with Gasteiger partial charge in [-0.25, -0.2) is 10.5 Å². The lowest BCUT2D eigenvalue weighted by Gasteiger charge is -2.15. The summed E-state index contributed by atoms with van der Waals surface area (Å²) in [5, 5.41) is 18.6. The highest BCUT2D eigenvalue weighted by Gasteiger charge is 2.22. The second kappa shape index (κ2) is 9.42. The summed E-state index contributed by atoms with van der Waals surface area (Å²) in [5.74, 6) is 0.229. The minimum Gasteiger partial charge on any atom is -0.494 e. The van der Waals surface area contributed by atoms with Gasteiger partial charge in [0.15, 0.2) is 5.75 Å². The number of hydrogen-bond acceptors (Lipinski definition) is 7. The molecule has 0 aliphatic rings. The molecule has 0 atom stereocenters. The summed E-state index contributed by atoms with van der Waals surface area (Å²) in [6, 6.07) is 16.9. The summed E-state index contributed by atoms with van der Waals surface area (Å²) in [5.41, 5.74) is 5.60. The van der Waals surface area contributed by atoms with E-state index < -0.39 is 5.91 Å². The Kier molecular flexibility index (Phi) is 6.25. The van der Waals surface area contributed by atoms with Crippen LogP contribution in [0.1, 0.15) is 10.4 Å². The number of amides is 1. The largest absolute Gasteiger partial charge is 0.494 e. The number of carbonyl (C=O) groups excluding carboxylic acids is 1. The Hall–Kier alpha value is -4.01. The van der Waals surface area contributed by atoms with Crippen LogP contribution < -0.4 is 15.0 Å². The zero-order valence-corrected chi connectivity index (χ0v) is 17.3. The number of aliphatic hydroxyl groups is 1. The van der Waals surface area contributed by atoms with Crippen LogP contribution >= 0.6 is 0 Å². The first-order valence-electron chi connectivity index (χ1n) is 9.87. The van der Waals surface area contributed by atoms with Crippen LogP contribution in [0, 0.1) is 0 Å². The molecule has 8 nitrogen and oxygen atoms in total. The zero-order valence-electron chi connectivity index (χ0n) is 17.3. The molecule has 0 saturated carbocycles. The second-order valence-corrected chi connectivity index (χ2v) is 6.88. The molecule has 3 N–H and O–H groups in total. The molecule has 4 aromatic rings. The van der Waals surface area contributed by atoms with Crippen molar-refractivity contribution in [2.75, 3.05) is 20.3 Å². The Morgan fingerprint density at radius 3 is 2.28 bits per heavy atom. The highest BCUT2D eigenvalue weighted by molar-refractivity contribution is 6.09. The van der Waals surface area contributed by atoms with Gasteiger partial charge in [0, 0.05) is 23.3 Å². The Morgan fingerprint density at radius 1 is 1.00 bits per heavy atom. The molecule has 2 aromatic heterocycles. The number of hydroxylamine groups is 1. The van der Waals surface area contributed by atoms with Crippen molar-refractivity contribution in [3.8, 4) is 33.9 Å². The van der Waals surface area contributed by atoms with Gasteiger partial charge in [0.25, 0.3) is 5.91 Å². The van der Waals surface area contributed by atoms with E-state index in [0.29, 0.717) is 22.3 Å². The summed E-state index contributed by atoms with van der Waals surface area (Å²) in [7, 11) is 1.45. The molecule has 0 saturated heterocycles. The minimum absolute atomic E-state index is 0.0341. The Morgan fingerprint density at radius 2 is 1.66 bits per heavy atom. The van der Waals surface area contributed by atoms with Gasteiger partial charge in [-0.2, -0.15) is 0 Å². The molecule has 1 amide bonds. The molecule has 0 spiro atoms. The molecule has 0 bridgehead atoms. The lowest BCUT2D eigenvalue weighted by Crippen LogP contribution is -2.20. The second-order valence-electron chi connectivity index (χ2n) is 6.88. The van der Waals surface area contributed by atoms with Crippen molar-refractivity contribution in [3.05, 3.63) is 72.6 Å². The standard InChI is InChI=1S/C24H21N3O5/c1-31-23-21(24(29)27-30)19-14-25-11-10-20(19)26-22(23)17-4-2-15(3-5-17)16-6-8-18(9-7-16)32-13-12-28/h2-11,14,28,30H,12-13H2,1H3,(H,27,29). The first kappa shape index (κ1) is 21.2. The summed E-state index contributed by atoms with van der Waals surface area (Å²) in [4.78, 5) is 21.1. The highest BCUT2D eigenvalue weighted by Crippen LogP contribution is 2.36. The van der Waals surface area contributed by atoms with Crippen molar-refractivity contribution in [1.29, 1.82) is 0 Å². The van der Waals surface area contributed by atoms with Crippen molar-refractivity contribution in [1.82, 2.24) is 15.4 Å². The lowest BCUT2D eigenvalue weighted by molar-refractivity contribution is 0.0705. The number of aliphatic hydroxyl groups excluding tert-OH is 1. The maximum atomic E-state index is 12.4.